The Morgan fingerprint density at radius 2 is 2.18 bits per heavy atom. The monoisotopic (exact) mass is 232 g/mol. The number of hydrogen-bond donors (Lipinski definition) is 2. The fraction of sp³-hybridized carbons (Fsp3) is 0.417. The predicted molar refractivity (Wildman–Crippen MR) is 66.0 cm³/mol. The van der Waals surface area contributed by atoms with Gasteiger partial charge in [0.1, 0.15) is 12.5 Å². The highest BCUT2D eigenvalue weighted by molar-refractivity contribution is 5.75. The SMILES string of the molecule is c1nc2ccc(OCN3CCNCC3)cc2[nH]1. The number of nitrogens with one attached hydrogen (secondary N) is 2. The van der Waals surface area contributed by atoms with Gasteiger partial charge in [-0.2, -0.15) is 0 Å². The summed E-state index contributed by atoms with van der Waals surface area (Å²) in [7, 11) is 0. The molecule has 17 heavy (non-hydrogen) atoms. The van der Waals surface area contributed by atoms with Crippen LogP contribution in [0.3, 0.4) is 0 Å². The first kappa shape index (κ1) is 10.6. The summed E-state index contributed by atoms with van der Waals surface area (Å²) in [6.07, 6.45) is 1.70. The molecule has 0 saturated carbocycles. The van der Waals surface area contributed by atoms with E-state index in [1.165, 1.54) is 0 Å². The fourth-order valence-corrected chi connectivity index (χ4v) is 2.01. The molecule has 1 aliphatic rings. The van der Waals surface area contributed by atoms with Gasteiger partial charge in [-0.05, 0) is 12.1 Å². The van der Waals surface area contributed by atoms with Crippen molar-refractivity contribution in [2.45, 2.75) is 0 Å². The second-order valence-electron chi connectivity index (χ2n) is 4.22. The fourth-order valence-electron chi connectivity index (χ4n) is 2.01. The lowest BCUT2D eigenvalue weighted by molar-refractivity contribution is 0.113. The number of benzene rings is 1. The zero-order valence-corrected chi connectivity index (χ0v) is 9.65. The van der Waals surface area contributed by atoms with E-state index in [4.69, 9.17) is 4.74 Å². The quantitative estimate of drug-likeness (QED) is 0.822. The molecule has 1 aromatic carbocycles. The van der Waals surface area contributed by atoms with Crippen LogP contribution in [-0.4, -0.2) is 47.8 Å². The van der Waals surface area contributed by atoms with Crippen LogP contribution in [0.4, 0.5) is 0 Å². The van der Waals surface area contributed by atoms with E-state index in [0.29, 0.717) is 6.73 Å². The lowest BCUT2D eigenvalue weighted by atomic mass is 10.3. The van der Waals surface area contributed by atoms with Crippen molar-refractivity contribution in [2.24, 2.45) is 0 Å². The maximum Gasteiger partial charge on any atom is 0.142 e. The van der Waals surface area contributed by atoms with Gasteiger partial charge in [0, 0.05) is 32.2 Å². The standard InChI is InChI=1S/C12H16N4O/c1-2-11-12(15-8-14-11)7-10(1)17-9-16-5-3-13-4-6-16/h1-2,7-8,13H,3-6,9H2,(H,14,15). The average Bonchev–Trinajstić information content (AvgIpc) is 2.85. The number of hydrogen-bond acceptors (Lipinski definition) is 4. The summed E-state index contributed by atoms with van der Waals surface area (Å²) in [6, 6.07) is 5.93. The Hall–Kier alpha value is -1.59. The zero-order chi connectivity index (χ0) is 11.5. The zero-order valence-electron chi connectivity index (χ0n) is 9.65. The second-order valence-corrected chi connectivity index (χ2v) is 4.22. The largest absolute Gasteiger partial charge is 0.478 e. The normalized spacial score (nSPS) is 17.4. The van der Waals surface area contributed by atoms with Crippen molar-refractivity contribution >= 4 is 11.0 Å². The Morgan fingerprint density at radius 3 is 3.06 bits per heavy atom. The van der Waals surface area contributed by atoms with Crippen LogP contribution in [0.1, 0.15) is 0 Å². The molecule has 0 unspecified atom stereocenters. The molecule has 0 bridgehead atoms. The highest BCUT2D eigenvalue weighted by Crippen LogP contribution is 2.17. The third-order valence-electron chi connectivity index (χ3n) is 3.02. The van der Waals surface area contributed by atoms with Crippen molar-refractivity contribution in [2.75, 3.05) is 32.9 Å². The molecule has 2 N–H and O–H groups in total. The number of imidazole rings is 1. The smallest absolute Gasteiger partial charge is 0.142 e. The van der Waals surface area contributed by atoms with Gasteiger partial charge in [0.2, 0.25) is 0 Å². The Bertz CT molecular complexity index is 490. The van der Waals surface area contributed by atoms with Crippen LogP contribution >= 0.6 is 0 Å². The first-order chi connectivity index (χ1) is 8.42. The summed E-state index contributed by atoms with van der Waals surface area (Å²) in [5.41, 5.74) is 1.99. The van der Waals surface area contributed by atoms with Gasteiger partial charge in [-0.1, -0.05) is 0 Å². The van der Waals surface area contributed by atoms with Crippen LogP contribution in [0.5, 0.6) is 5.75 Å². The molecule has 0 aliphatic carbocycles. The maximum atomic E-state index is 5.77. The topological polar surface area (TPSA) is 53.2 Å². The molecule has 2 heterocycles. The molecule has 90 valence electrons. The summed E-state index contributed by atoms with van der Waals surface area (Å²) in [5.74, 6) is 0.889. The van der Waals surface area contributed by atoms with Crippen molar-refractivity contribution in [3.8, 4) is 5.75 Å². The van der Waals surface area contributed by atoms with Crippen molar-refractivity contribution in [3.63, 3.8) is 0 Å². The van der Waals surface area contributed by atoms with Crippen LogP contribution in [0.25, 0.3) is 11.0 Å². The number of aromatic nitrogens is 2. The van der Waals surface area contributed by atoms with E-state index in [1.54, 1.807) is 6.33 Å². The minimum absolute atomic E-state index is 0.654. The number of rotatable bonds is 3. The number of piperazine rings is 1. The van der Waals surface area contributed by atoms with Gasteiger partial charge in [0.05, 0.1) is 17.4 Å². The summed E-state index contributed by atoms with van der Waals surface area (Å²) < 4.78 is 5.77. The van der Waals surface area contributed by atoms with E-state index in [0.717, 1.165) is 43.0 Å². The second kappa shape index (κ2) is 4.73. The highest BCUT2D eigenvalue weighted by atomic mass is 16.5. The predicted octanol–water partition coefficient (Wildman–Crippen LogP) is 0.804. The molecule has 0 atom stereocenters. The number of H-pyrrole nitrogens is 1. The van der Waals surface area contributed by atoms with E-state index in [1.807, 2.05) is 18.2 Å². The van der Waals surface area contributed by atoms with Crippen LogP contribution in [0.15, 0.2) is 24.5 Å². The third kappa shape index (κ3) is 2.40. The minimum Gasteiger partial charge on any atom is -0.478 e. The van der Waals surface area contributed by atoms with E-state index < -0.39 is 0 Å². The molecule has 3 rings (SSSR count). The van der Waals surface area contributed by atoms with Crippen LogP contribution in [-0.2, 0) is 0 Å². The third-order valence-corrected chi connectivity index (χ3v) is 3.02. The van der Waals surface area contributed by atoms with Crippen molar-refractivity contribution < 1.29 is 4.74 Å². The Balaban J connectivity index is 1.63. The summed E-state index contributed by atoms with van der Waals surface area (Å²) in [5, 5.41) is 3.32. The summed E-state index contributed by atoms with van der Waals surface area (Å²) >= 11 is 0. The maximum absolute atomic E-state index is 5.77. The summed E-state index contributed by atoms with van der Waals surface area (Å²) in [4.78, 5) is 9.56. The Kier molecular flexibility index (Phi) is 2.94. The van der Waals surface area contributed by atoms with Crippen molar-refractivity contribution in [1.29, 1.82) is 0 Å². The van der Waals surface area contributed by atoms with Gasteiger partial charge in [0.15, 0.2) is 0 Å². The van der Waals surface area contributed by atoms with E-state index in [2.05, 4.69) is 20.2 Å². The molecule has 2 aromatic rings. The number of fused-ring (bicyclic) bond motifs is 1. The van der Waals surface area contributed by atoms with Crippen LogP contribution in [0, 0.1) is 0 Å². The molecular formula is C12H16N4O. The molecule has 1 saturated heterocycles. The Morgan fingerprint density at radius 1 is 1.29 bits per heavy atom. The van der Waals surface area contributed by atoms with E-state index >= 15 is 0 Å². The molecule has 1 aromatic heterocycles. The molecule has 1 aliphatic heterocycles. The van der Waals surface area contributed by atoms with Gasteiger partial charge in [-0.15, -0.1) is 0 Å². The molecule has 1 fully saturated rings. The molecular weight excluding hydrogens is 216 g/mol. The Labute approximate surface area is 99.8 Å². The number of nitrogens with zero attached hydrogens (tertiary/aromatic N) is 2. The minimum atomic E-state index is 0.654. The van der Waals surface area contributed by atoms with Crippen molar-refractivity contribution in [3.05, 3.63) is 24.5 Å². The van der Waals surface area contributed by atoms with Crippen LogP contribution < -0.4 is 10.1 Å². The lowest BCUT2D eigenvalue weighted by Crippen LogP contribution is -2.44. The molecule has 0 spiro atoms. The van der Waals surface area contributed by atoms with E-state index in [9.17, 15) is 0 Å². The van der Waals surface area contributed by atoms with Gasteiger partial charge in [-0.3, -0.25) is 4.90 Å². The molecule has 5 heteroatoms. The van der Waals surface area contributed by atoms with Crippen LogP contribution in [0.2, 0.25) is 0 Å². The van der Waals surface area contributed by atoms with Crippen molar-refractivity contribution in [1.82, 2.24) is 20.2 Å². The summed E-state index contributed by atoms with van der Waals surface area (Å²) in [6.45, 7) is 4.84. The average molecular weight is 232 g/mol. The first-order valence-electron chi connectivity index (χ1n) is 5.91. The highest BCUT2D eigenvalue weighted by Gasteiger charge is 2.09. The van der Waals surface area contributed by atoms with E-state index in [-0.39, 0.29) is 0 Å². The number of aromatic amines is 1. The van der Waals surface area contributed by atoms with Gasteiger partial charge < -0.3 is 15.0 Å². The lowest BCUT2D eigenvalue weighted by Gasteiger charge is -2.26. The number of ether oxygens (including phenoxy) is 1. The molecule has 5 nitrogen and oxygen atoms in total. The molecule has 0 amide bonds. The van der Waals surface area contributed by atoms with Gasteiger partial charge >= 0.3 is 0 Å². The molecule has 0 radical (unpaired) electrons. The van der Waals surface area contributed by atoms with Gasteiger partial charge in [-0.25, -0.2) is 4.98 Å². The first-order valence-corrected chi connectivity index (χ1v) is 5.91. The van der Waals surface area contributed by atoms with Gasteiger partial charge in [0.25, 0.3) is 0 Å².